The summed E-state index contributed by atoms with van der Waals surface area (Å²) in [6.45, 7) is 4.91. The van der Waals surface area contributed by atoms with Gasteiger partial charge in [0.05, 0.1) is 49.3 Å². The van der Waals surface area contributed by atoms with E-state index in [1.807, 2.05) is 67.8 Å². The number of piperidine rings is 1. The minimum atomic E-state index is -1.03. The number of hydrogen-bond donors (Lipinski definition) is 2. The van der Waals surface area contributed by atoms with Crippen molar-refractivity contribution in [2.24, 2.45) is 0 Å². The van der Waals surface area contributed by atoms with Crippen LogP contribution in [-0.2, 0) is 23.8 Å². The predicted octanol–water partition coefficient (Wildman–Crippen LogP) is 3.18. The largest absolute Gasteiger partial charge is 0.452 e. The lowest BCUT2D eigenvalue weighted by atomic mass is 10.0. The van der Waals surface area contributed by atoms with E-state index in [0.717, 1.165) is 0 Å². The maximum Gasteiger partial charge on any atom is 0.303 e. The first kappa shape index (κ1) is 30.2. The molecule has 2 heterocycles. The molecule has 3 atom stereocenters. The van der Waals surface area contributed by atoms with Crippen LogP contribution in [0.15, 0.2) is 0 Å². The van der Waals surface area contributed by atoms with E-state index in [4.69, 9.17) is 25.8 Å². The lowest BCUT2D eigenvalue weighted by Crippen LogP contribution is -2.48. The summed E-state index contributed by atoms with van der Waals surface area (Å²) in [5, 5.41) is 12.5. The average Bonchev–Trinajstić information content (AvgIpc) is 2.88. The van der Waals surface area contributed by atoms with Gasteiger partial charge < -0.3 is 29.5 Å². The molecule has 3 rings (SSSR count). The molecule has 0 saturated carbocycles. The Kier molecular flexibility index (Phi) is 10.3. The summed E-state index contributed by atoms with van der Waals surface area (Å²) in [7, 11) is 0. The second-order valence-electron chi connectivity index (χ2n) is 8.71. The smallest absolute Gasteiger partial charge is 0.303 e. The van der Waals surface area contributed by atoms with E-state index in [2.05, 4.69) is 5.32 Å². The van der Waals surface area contributed by atoms with Crippen LogP contribution in [0.5, 0.6) is 0 Å². The van der Waals surface area contributed by atoms with Crippen LogP contribution in [0.1, 0.15) is 54.3 Å². The Hall–Kier alpha value is -0.340. The molecule has 2 fully saturated rings. The van der Waals surface area contributed by atoms with Crippen molar-refractivity contribution in [3.05, 3.63) is 21.8 Å². The van der Waals surface area contributed by atoms with Crippen LogP contribution in [-0.4, -0.2) is 71.9 Å². The molecule has 10 nitrogen and oxygen atoms in total. The molecule has 198 valence electrons. The molecule has 2 amide bonds. The van der Waals surface area contributed by atoms with Crippen LogP contribution in [0.4, 0.5) is 5.69 Å². The van der Waals surface area contributed by atoms with Crippen molar-refractivity contribution in [2.75, 3.05) is 24.7 Å². The molecule has 0 bridgehead atoms. The van der Waals surface area contributed by atoms with Gasteiger partial charge in [0.1, 0.15) is 0 Å². The summed E-state index contributed by atoms with van der Waals surface area (Å²) in [6, 6.07) is -0.784. The normalized spacial score (nSPS) is 24.2. The Morgan fingerprint density at radius 2 is 1.72 bits per heavy atom. The fourth-order valence-electron chi connectivity index (χ4n) is 3.86. The van der Waals surface area contributed by atoms with Crippen LogP contribution >= 0.6 is 79.4 Å². The molecule has 2 aliphatic rings. The van der Waals surface area contributed by atoms with Crippen molar-refractivity contribution in [2.45, 2.75) is 57.6 Å². The first-order valence-corrected chi connectivity index (χ1v) is 14.5. The van der Waals surface area contributed by atoms with Crippen molar-refractivity contribution in [3.8, 4) is 0 Å². The van der Waals surface area contributed by atoms with Crippen molar-refractivity contribution in [1.82, 2.24) is 5.32 Å². The van der Waals surface area contributed by atoms with E-state index in [-0.39, 0.29) is 24.3 Å². The van der Waals surface area contributed by atoms with Crippen LogP contribution in [0.25, 0.3) is 0 Å². The number of aliphatic hydroxyl groups is 1. The number of esters is 1. The number of nitrogens with one attached hydrogen (secondary N) is 1. The summed E-state index contributed by atoms with van der Waals surface area (Å²) in [4.78, 5) is 52.1. The highest BCUT2D eigenvalue weighted by Crippen LogP contribution is 2.40. The SMILES string of the molecule is CC(=O)OC1CCCN(c2c(I)c(C(=O)Cl)c(I)c(C(=O)N[C@H]3COC(C)(C)OC[C@@H]3O)c2I)C1=O. The van der Waals surface area contributed by atoms with Crippen LogP contribution < -0.4 is 10.2 Å². The number of nitrogens with zero attached hydrogens (tertiary/aromatic N) is 1. The number of ether oxygens (including phenoxy) is 3. The molecule has 1 unspecified atom stereocenters. The first-order chi connectivity index (χ1) is 16.7. The van der Waals surface area contributed by atoms with Gasteiger partial charge in [-0.1, -0.05) is 0 Å². The summed E-state index contributed by atoms with van der Waals surface area (Å²) in [6.07, 6.45) is -1.07. The lowest BCUT2D eigenvalue weighted by Gasteiger charge is -2.34. The number of rotatable bonds is 5. The van der Waals surface area contributed by atoms with Gasteiger partial charge in [0, 0.05) is 17.0 Å². The lowest BCUT2D eigenvalue weighted by molar-refractivity contribution is -0.203. The highest BCUT2D eigenvalue weighted by Gasteiger charge is 2.38. The van der Waals surface area contributed by atoms with E-state index in [0.29, 0.717) is 35.8 Å². The molecule has 1 aromatic carbocycles. The zero-order chi connectivity index (χ0) is 26.9. The van der Waals surface area contributed by atoms with Crippen LogP contribution in [0.3, 0.4) is 0 Å². The van der Waals surface area contributed by atoms with Crippen LogP contribution in [0.2, 0.25) is 0 Å². The van der Waals surface area contributed by atoms with Crippen LogP contribution in [0, 0.1) is 10.7 Å². The Morgan fingerprint density at radius 3 is 2.33 bits per heavy atom. The maximum absolute atomic E-state index is 13.5. The zero-order valence-electron chi connectivity index (χ0n) is 19.5. The highest BCUT2D eigenvalue weighted by molar-refractivity contribution is 14.1. The third-order valence-electron chi connectivity index (χ3n) is 5.68. The zero-order valence-corrected chi connectivity index (χ0v) is 26.8. The van der Waals surface area contributed by atoms with E-state index in [1.165, 1.54) is 11.8 Å². The molecular formula is C22H24ClI3N2O8. The Bertz CT molecular complexity index is 1100. The third kappa shape index (κ3) is 6.62. The van der Waals surface area contributed by atoms with E-state index < -0.39 is 47.1 Å². The quantitative estimate of drug-likeness (QED) is 0.263. The average molecular weight is 861 g/mol. The molecule has 2 saturated heterocycles. The highest BCUT2D eigenvalue weighted by atomic mass is 127. The van der Waals surface area contributed by atoms with E-state index in [9.17, 15) is 24.3 Å². The fourth-order valence-corrected chi connectivity index (χ4v) is 9.09. The molecule has 0 radical (unpaired) electrons. The number of amides is 2. The summed E-state index contributed by atoms with van der Waals surface area (Å²) in [5.74, 6) is -2.52. The van der Waals surface area contributed by atoms with Gasteiger partial charge in [-0.05, 0) is 106 Å². The summed E-state index contributed by atoms with van der Waals surface area (Å²) >= 11 is 11.7. The van der Waals surface area contributed by atoms with Gasteiger partial charge in [0.25, 0.3) is 17.1 Å². The number of halogens is 4. The molecule has 0 aliphatic carbocycles. The summed E-state index contributed by atoms with van der Waals surface area (Å²) < 4.78 is 17.5. The van der Waals surface area contributed by atoms with Crippen molar-refractivity contribution in [3.63, 3.8) is 0 Å². The second kappa shape index (κ2) is 12.2. The molecular weight excluding hydrogens is 836 g/mol. The molecule has 0 aromatic heterocycles. The number of anilines is 1. The number of carbonyl (C=O) groups is 4. The topological polar surface area (TPSA) is 131 Å². The van der Waals surface area contributed by atoms with E-state index >= 15 is 0 Å². The number of hydrogen-bond acceptors (Lipinski definition) is 8. The van der Waals surface area contributed by atoms with Crippen molar-refractivity contribution >= 4 is 108 Å². The van der Waals surface area contributed by atoms with Crippen molar-refractivity contribution < 1.29 is 38.5 Å². The first-order valence-electron chi connectivity index (χ1n) is 10.9. The molecule has 36 heavy (non-hydrogen) atoms. The minimum Gasteiger partial charge on any atom is -0.452 e. The Balaban J connectivity index is 2.05. The standard InChI is InChI=1S/C22H24ClI3N2O8/c1-9(29)36-12-5-4-6-28(21(12)33)18-16(25)13(19(23)31)15(24)14(17(18)26)20(32)27-10-7-34-22(2,3)35-8-11(10)30/h10-12,30H,4-8H2,1-3H3,(H,27,32)/t10-,11-,12?/m0/s1. The van der Waals surface area contributed by atoms with Gasteiger partial charge in [-0.25, -0.2) is 0 Å². The number of carbonyl (C=O) groups excluding carboxylic acids is 4. The molecule has 0 spiro atoms. The second-order valence-corrected chi connectivity index (χ2v) is 12.3. The van der Waals surface area contributed by atoms with Gasteiger partial charge in [0.15, 0.2) is 11.9 Å². The van der Waals surface area contributed by atoms with Gasteiger partial charge in [-0.2, -0.15) is 0 Å². The van der Waals surface area contributed by atoms with Crippen molar-refractivity contribution in [1.29, 1.82) is 0 Å². The van der Waals surface area contributed by atoms with Gasteiger partial charge in [-0.15, -0.1) is 0 Å². The predicted molar refractivity (Wildman–Crippen MR) is 155 cm³/mol. The molecule has 1 aromatic rings. The Morgan fingerprint density at radius 1 is 1.11 bits per heavy atom. The number of aliphatic hydroxyl groups excluding tert-OH is 1. The Labute approximate surface area is 253 Å². The van der Waals surface area contributed by atoms with E-state index in [1.54, 1.807) is 13.8 Å². The number of benzene rings is 1. The summed E-state index contributed by atoms with van der Waals surface area (Å²) in [5.41, 5.74) is 0.562. The van der Waals surface area contributed by atoms with Gasteiger partial charge in [0.2, 0.25) is 0 Å². The molecule has 2 aliphatic heterocycles. The minimum absolute atomic E-state index is 0.000258. The van der Waals surface area contributed by atoms with Gasteiger partial charge in [-0.3, -0.25) is 19.2 Å². The maximum atomic E-state index is 13.5. The monoisotopic (exact) mass is 860 g/mol. The fraction of sp³-hybridized carbons (Fsp3) is 0.545. The third-order valence-corrected chi connectivity index (χ3v) is 9.05. The molecule has 2 N–H and O–H groups in total. The van der Waals surface area contributed by atoms with Gasteiger partial charge >= 0.3 is 5.97 Å². The molecule has 14 heteroatoms.